The number of carbonyl (C=O) groups excluding carboxylic acids is 1. The average molecular weight is 344 g/mol. The Morgan fingerprint density at radius 2 is 2.17 bits per heavy atom. The smallest absolute Gasteiger partial charge is 0.270 e. The second-order valence-electron chi connectivity index (χ2n) is 5.57. The molecule has 5 nitrogen and oxygen atoms in total. The van der Waals surface area contributed by atoms with Gasteiger partial charge in [0.25, 0.3) is 5.91 Å². The highest BCUT2D eigenvalue weighted by Crippen LogP contribution is 2.23. The molecular weight excluding hydrogens is 326 g/mol. The van der Waals surface area contributed by atoms with Crippen molar-refractivity contribution in [2.24, 2.45) is 0 Å². The van der Waals surface area contributed by atoms with Crippen LogP contribution in [0.1, 0.15) is 30.8 Å². The van der Waals surface area contributed by atoms with E-state index in [0.29, 0.717) is 22.2 Å². The third-order valence-electron chi connectivity index (χ3n) is 3.76. The van der Waals surface area contributed by atoms with Gasteiger partial charge in [-0.15, -0.1) is 0 Å². The molecule has 0 saturated heterocycles. The van der Waals surface area contributed by atoms with E-state index in [0.717, 1.165) is 12.1 Å². The Labute approximate surface area is 145 Å². The lowest BCUT2D eigenvalue weighted by Crippen LogP contribution is -2.33. The maximum absolute atomic E-state index is 12.6. The predicted molar refractivity (Wildman–Crippen MR) is 93.5 cm³/mol. The summed E-state index contributed by atoms with van der Waals surface area (Å²) in [5.74, 6) is 0.419. The Kier molecular flexibility index (Phi) is 4.71. The largest absolute Gasteiger partial charge is 0.463 e. The van der Waals surface area contributed by atoms with Crippen LogP contribution in [0.4, 0.5) is 0 Å². The van der Waals surface area contributed by atoms with E-state index in [-0.39, 0.29) is 11.9 Å². The number of furan rings is 1. The van der Waals surface area contributed by atoms with Gasteiger partial charge in [0.05, 0.1) is 12.0 Å². The first-order chi connectivity index (χ1) is 11.6. The number of halogens is 1. The van der Waals surface area contributed by atoms with Crippen LogP contribution in [0.5, 0.6) is 0 Å². The van der Waals surface area contributed by atoms with E-state index in [1.165, 1.54) is 0 Å². The molecule has 0 aliphatic carbocycles. The van der Waals surface area contributed by atoms with Crippen molar-refractivity contribution in [2.45, 2.75) is 26.3 Å². The van der Waals surface area contributed by atoms with Gasteiger partial charge in [-0.25, -0.2) is 4.68 Å². The quantitative estimate of drug-likeness (QED) is 0.750. The molecule has 0 unspecified atom stereocenters. The number of carbonyl (C=O) groups is 1. The fraction of sp³-hybridized carbons (Fsp3) is 0.222. The number of amides is 1. The summed E-state index contributed by atoms with van der Waals surface area (Å²) in [7, 11) is 0. The molecule has 0 aliphatic heterocycles. The van der Waals surface area contributed by atoms with Crippen LogP contribution in [0.2, 0.25) is 5.02 Å². The molecule has 1 atom stereocenters. The first kappa shape index (κ1) is 16.3. The van der Waals surface area contributed by atoms with Crippen LogP contribution < -0.4 is 5.32 Å². The van der Waals surface area contributed by atoms with Gasteiger partial charge in [-0.3, -0.25) is 4.79 Å². The van der Waals surface area contributed by atoms with Crippen LogP contribution in [0, 0.1) is 0 Å². The van der Waals surface area contributed by atoms with Crippen molar-refractivity contribution in [1.82, 2.24) is 15.1 Å². The Balaban J connectivity index is 2.06. The predicted octanol–water partition coefficient (Wildman–Crippen LogP) is 4.31. The summed E-state index contributed by atoms with van der Waals surface area (Å²) in [6.07, 6.45) is 2.43. The Morgan fingerprint density at radius 1 is 1.33 bits per heavy atom. The van der Waals surface area contributed by atoms with E-state index in [2.05, 4.69) is 10.4 Å². The molecule has 1 N–H and O–H groups in total. The van der Waals surface area contributed by atoms with Crippen molar-refractivity contribution in [3.63, 3.8) is 0 Å². The van der Waals surface area contributed by atoms with Gasteiger partial charge in [0, 0.05) is 17.1 Å². The van der Waals surface area contributed by atoms with Crippen molar-refractivity contribution in [2.75, 3.05) is 0 Å². The van der Waals surface area contributed by atoms with Gasteiger partial charge in [0.1, 0.15) is 11.4 Å². The zero-order chi connectivity index (χ0) is 17.1. The van der Waals surface area contributed by atoms with Crippen molar-refractivity contribution in [3.05, 3.63) is 59.4 Å². The maximum atomic E-state index is 12.6. The van der Waals surface area contributed by atoms with Crippen LogP contribution in [0.25, 0.3) is 17.1 Å². The van der Waals surface area contributed by atoms with Gasteiger partial charge >= 0.3 is 0 Å². The minimum absolute atomic E-state index is 0.0762. The monoisotopic (exact) mass is 343 g/mol. The summed E-state index contributed by atoms with van der Waals surface area (Å²) in [4.78, 5) is 12.6. The lowest BCUT2D eigenvalue weighted by atomic mass is 10.2. The van der Waals surface area contributed by atoms with Gasteiger partial charge in [-0.05, 0) is 43.7 Å². The average Bonchev–Trinajstić information content (AvgIpc) is 3.23. The molecule has 0 aliphatic rings. The zero-order valence-corrected chi connectivity index (χ0v) is 14.2. The Hall–Kier alpha value is -2.53. The van der Waals surface area contributed by atoms with E-state index in [1.807, 2.05) is 26.0 Å². The molecule has 1 amide bonds. The van der Waals surface area contributed by atoms with E-state index in [9.17, 15) is 4.79 Å². The second kappa shape index (κ2) is 6.93. The molecular formula is C18H18ClN3O2. The van der Waals surface area contributed by atoms with Gasteiger partial charge in [0.15, 0.2) is 5.76 Å². The highest BCUT2D eigenvalue weighted by molar-refractivity contribution is 6.30. The summed E-state index contributed by atoms with van der Waals surface area (Å²) in [5.41, 5.74) is 1.74. The fourth-order valence-corrected chi connectivity index (χ4v) is 2.48. The van der Waals surface area contributed by atoms with Crippen LogP contribution >= 0.6 is 11.6 Å². The molecule has 124 valence electrons. The number of hydrogen-bond donors (Lipinski definition) is 1. The van der Waals surface area contributed by atoms with Gasteiger partial charge < -0.3 is 9.73 Å². The SMILES string of the molecule is CC[C@@H](C)NC(=O)c1cc(-c2ccco2)nn1-c1cccc(Cl)c1. The number of nitrogens with zero attached hydrogens (tertiary/aromatic N) is 2. The van der Waals surface area contributed by atoms with Crippen LogP contribution in [-0.2, 0) is 0 Å². The summed E-state index contributed by atoms with van der Waals surface area (Å²) in [6, 6.07) is 12.6. The second-order valence-corrected chi connectivity index (χ2v) is 6.00. The van der Waals surface area contributed by atoms with Crippen molar-refractivity contribution in [3.8, 4) is 17.1 Å². The van der Waals surface area contributed by atoms with E-state index in [1.54, 1.807) is 41.3 Å². The summed E-state index contributed by atoms with van der Waals surface area (Å²) < 4.78 is 6.98. The maximum Gasteiger partial charge on any atom is 0.270 e. The van der Waals surface area contributed by atoms with Crippen molar-refractivity contribution in [1.29, 1.82) is 0 Å². The molecule has 0 spiro atoms. The first-order valence-corrected chi connectivity index (χ1v) is 8.17. The number of aromatic nitrogens is 2. The molecule has 6 heteroatoms. The fourth-order valence-electron chi connectivity index (χ4n) is 2.29. The minimum Gasteiger partial charge on any atom is -0.463 e. The molecule has 0 radical (unpaired) electrons. The summed E-state index contributed by atoms with van der Waals surface area (Å²) in [5, 5.41) is 8.07. The van der Waals surface area contributed by atoms with Crippen molar-refractivity contribution < 1.29 is 9.21 Å². The topological polar surface area (TPSA) is 60.1 Å². The van der Waals surface area contributed by atoms with E-state index >= 15 is 0 Å². The van der Waals surface area contributed by atoms with Gasteiger partial charge in [-0.1, -0.05) is 24.6 Å². The number of hydrogen-bond acceptors (Lipinski definition) is 3. The number of nitrogens with one attached hydrogen (secondary N) is 1. The lowest BCUT2D eigenvalue weighted by molar-refractivity contribution is 0.0931. The molecule has 2 aromatic heterocycles. The summed E-state index contributed by atoms with van der Waals surface area (Å²) in [6.45, 7) is 3.99. The zero-order valence-electron chi connectivity index (χ0n) is 13.5. The third-order valence-corrected chi connectivity index (χ3v) is 3.99. The van der Waals surface area contributed by atoms with Crippen LogP contribution in [0.3, 0.4) is 0 Å². The van der Waals surface area contributed by atoms with Crippen molar-refractivity contribution >= 4 is 17.5 Å². The van der Waals surface area contributed by atoms with Gasteiger partial charge in [-0.2, -0.15) is 5.10 Å². The van der Waals surface area contributed by atoms with E-state index < -0.39 is 0 Å². The Bertz CT molecular complexity index is 840. The van der Waals surface area contributed by atoms with Gasteiger partial charge in [0.2, 0.25) is 0 Å². The molecule has 1 aromatic carbocycles. The van der Waals surface area contributed by atoms with E-state index in [4.69, 9.17) is 16.0 Å². The third kappa shape index (κ3) is 3.36. The lowest BCUT2D eigenvalue weighted by Gasteiger charge is -2.12. The van der Waals surface area contributed by atoms with Crippen LogP contribution in [0.15, 0.2) is 53.1 Å². The highest BCUT2D eigenvalue weighted by atomic mass is 35.5. The highest BCUT2D eigenvalue weighted by Gasteiger charge is 2.19. The molecule has 3 rings (SSSR count). The molecule has 0 fully saturated rings. The van der Waals surface area contributed by atoms with Crippen LogP contribution in [-0.4, -0.2) is 21.7 Å². The molecule has 3 aromatic rings. The standard InChI is InChI=1S/C18H18ClN3O2/c1-3-12(2)20-18(23)16-11-15(17-8-5-9-24-17)21-22(16)14-7-4-6-13(19)10-14/h4-12H,3H2,1-2H3,(H,20,23)/t12-/m1/s1. The molecule has 24 heavy (non-hydrogen) atoms. The molecule has 2 heterocycles. The molecule has 0 bridgehead atoms. The number of benzene rings is 1. The minimum atomic E-state index is -0.186. The summed E-state index contributed by atoms with van der Waals surface area (Å²) >= 11 is 6.08. The number of rotatable bonds is 5. The Morgan fingerprint density at radius 3 is 2.83 bits per heavy atom. The molecule has 0 saturated carbocycles. The first-order valence-electron chi connectivity index (χ1n) is 7.79. The normalized spacial score (nSPS) is 12.1.